The smallest absolute Gasteiger partial charge is 0.410 e. The van der Waals surface area contributed by atoms with Crippen LogP contribution in [0.3, 0.4) is 0 Å². The molecule has 2 aliphatic heterocycles. The van der Waals surface area contributed by atoms with Crippen LogP contribution < -0.4 is 0 Å². The van der Waals surface area contributed by atoms with Gasteiger partial charge in [0.2, 0.25) is 0 Å². The van der Waals surface area contributed by atoms with E-state index in [1.807, 2.05) is 41.5 Å². The predicted molar refractivity (Wildman–Crippen MR) is 97.9 cm³/mol. The van der Waals surface area contributed by atoms with E-state index >= 15 is 0 Å². The number of aliphatic hydroxyl groups is 1. The molecule has 3 atom stereocenters. The molecule has 0 spiro atoms. The summed E-state index contributed by atoms with van der Waals surface area (Å²) in [4.78, 5) is 28.0. The van der Waals surface area contributed by atoms with E-state index in [4.69, 9.17) is 9.47 Å². The number of carbonyl (C=O) groups excluding carboxylic acids is 2. The molecule has 150 valence electrons. The minimum absolute atomic E-state index is 0.0524. The topological polar surface area (TPSA) is 79.3 Å². The van der Waals surface area contributed by atoms with Crippen molar-refractivity contribution < 1.29 is 24.2 Å². The van der Waals surface area contributed by atoms with Crippen molar-refractivity contribution in [3.05, 3.63) is 0 Å². The van der Waals surface area contributed by atoms with E-state index in [1.165, 1.54) is 0 Å². The van der Waals surface area contributed by atoms with Crippen LogP contribution in [0, 0.1) is 5.92 Å². The summed E-state index contributed by atoms with van der Waals surface area (Å²) in [5.74, 6) is 0.294. The molecule has 0 aliphatic carbocycles. The Morgan fingerprint density at radius 3 is 2.15 bits per heavy atom. The van der Waals surface area contributed by atoms with E-state index in [1.54, 1.807) is 9.80 Å². The average Bonchev–Trinajstić information content (AvgIpc) is 3.02. The van der Waals surface area contributed by atoms with Crippen LogP contribution in [0.2, 0.25) is 0 Å². The average molecular weight is 370 g/mol. The maximum atomic E-state index is 12.4. The summed E-state index contributed by atoms with van der Waals surface area (Å²) in [6, 6.07) is -0.0524. The Kier molecular flexibility index (Phi) is 6.10. The zero-order chi connectivity index (χ0) is 19.7. The van der Waals surface area contributed by atoms with Crippen molar-refractivity contribution in [2.24, 2.45) is 5.92 Å². The van der Waals surface area contributed by atoms with Crippen molar-refractivity contribution in [2.45, 2.75) is 84.2 Å². The van der Waals surface area contributed by atoms with Gasteiger partial charge in [0.1, 0.15) is 11.2 Å². The quantitative estimate of drug-likeness (QED) is 0.808. The molecular formula is C19H34N2O5. The molecule has 1 N–H and O–H groups in total. The number of hydrogen-bond acceptors (Lipinski definition) is 5. The van der Waals surface area contributed by atoms with Crippen molar-refractivity contribution in [1.82, 2.24) is 9.80 Å². The van der Waals surface area contributed by atoms with Gasteiger partial charge in [0, 0.05) is 19.1 Å². The number of hydrogen-bond donors (Lipinski definition) is 1. The number of carbonyl (C=O) groups is 2. The summed E-state index contributed by atoms with van der Waals surface area (Å²) in [7, 11) is 0. The lowest BCUT2D eigenvalue weighted by Gasteiger charge is -2.29. The van der Waals surface area contributed by atoms with Gasteiger partial charge in [-0.25, -0.2) is 9.59 Å². The zero-order valence-electron chi connectivity index (χ0n) is 16.9. The molecule has 0 aromatic heterocycles. The number of ether oxygens (including phenoxy) is 2. The van der Waals surface area contributed by atoms with Crippen molar-refractivity contribution >= 4 is 12.2 Å². The van der Waals surface area contributed by atoms with Crippen LogP contribution in [-0.4, -0.2) is 70.1 Å². The fraction of sp³-hybridized carbons (Fsp3) is 0.895. The van der Waals surface area contributed by atoms with Crippen LogP contribution in [0.1, 0.15) is 60.8 Å². The van der Waals surface area contributed by atoms with Crippen LogP contribution in [0.15, 0.2) is 0 Å². The lowest BCUT2D eigenvalue weighted by molar-refractivity contribution is 0.0183. The first-order chi connectivity index (χ1) is 11.8. The van der Waals surface area contributed by atoms with E-state index in [2.05, 4.69) is 0 Å². The number of β-amino-alcohol motifs (C(OH)–C–C–N with tert-alkyl or cyclic N) is 1. The monoisotopic (exact) mass is 370 g/mol. The fourth-order valence-electron chi connectivity index (χ4n) is 3.56. The molecule has 2 aliphatic rings. The molecule has 0 saturated carbocycles. The lowest BCUT2D eigenvalue weighted by Crippen LogP contribution is -2.41. The summed E-state index contributed by atoms with van der Waals surface area (Å²) >= 11 is 0. The second-order valence-corrected chi connectivity index (χ2v) is 9.49. The van der Waals surface area contributed by atoms with Crippen molar-refractivity contribution in [1.29, 1.82) is 0 Å². The normalized spacial score (nSPS) is 27.0. The van der Waals surface area contributed by atoms with Crippen LogP contribution in [0.4, 0.5) is 9.59 Å². The van der Waals surface area contributed by atoms with Gasteiger partial charge in [0.15, 0.2) is 0 Å². The predicted octanol–water partition coefficient (Wildman–Crippen LogP) is 3.00. The highest BCUT2D eigenvalue weighted by molar-refractivity contribution is 5.69. The highest BCUT2D eigenvalue weighted by Gasteiger charge is 2.39. The molecule has 2 fully saturated rings. The zero-order valence-corrected chi connectivity index (χ0v) is 16.9. The first kappa shape index (κ1) is 20.8. The van der Waals surface area contributed by atoms with Gasteiger partial charge in [-0.05, 0) is 66.7 Å². The third kappa shape index (κ3) is 6.04. The Balaban J connectivity index is 1.91. The Morgan fingerprint density at radius 2 is 1.58 bits per heavy atom. The Morgan fingerprint density at radius 1 is 1.00 bits per heavy atom. The van der Waals surface area contributed by atoms with Gasteiger partial charge in [-0.3, -0.25) is 0 Å². The first-order valence-corrected chi connectivity index (χ1v) is 9.49. The largest absolute Gasteiger partial charge is 0.444 e. The van der Waals surface area contributed by atoms with Gasteiger partial charge in [0.25, 0.3) is 0 Å². The van der Waals surface area contributed by atoms with E-state index in [9.17, 15) is 14.7 Å². The highest BCUT2D eigenvalue weighted by Crippen LogP contribution is 2.30. The fourth-order valence-corrected chi connectivity index (χ4v) is 3.56. The minimum atomic E-state index is -0.559. The molecule has 2 rings (SSSR count). The first-order valence-electron chi connectivity index (χ1n) is 9.49. The molecule has 2 amide bonds. The number of nitrogens with zero attached hydrogens (tertiary/aromatic N) is 2. The second-order valence-electron chi connectivity index (χ2n) is 9.49. The van der Waals surface area contributed by atoms with Crippen LogP contribution >= 0.6 is 0 Å². The van der Waals surface area contributed by atoms with Crippen LogP contribution in [0.5, 0.6) is 0 Å². The second kappa shape index (κ2) is 7.62. The maximum Gasteiger partial charge on any atom is 0.410 e. The molecule has 0 aromatic rings. The number of aliphatic hydroxyl groups excluding tert-OH is 1. The Labute approximate surface area is 156 Å². The molecule has 2 heterocycles. The number of amides is 2. The van der Waals surface area contributed by atoms with Gasteiger partial charge < -0.3 is 24.4 Å². The summed E-state index contributed by atoms with van der Waals surface area (Å²) < 4.78 is 10.9. The number of rotatable bonds is 2. The molecule has 0 radical (unpaired) electrons. The maximum absolute atomic E-state index is 12.4. The summed E-state index contributed by atoms with van der Waals surface area (Å²) in [5, 5.41) is 10.0. The summed E-state index contributed by atoms with van der Waals surface area (Å²) in [6.07, 6.45) is 1.03. The van der Waals surface area contributed by atoms with Gasteiger partial charge in [0.05, 0.1) is 12.6 Å². The van der Waals surface area contributed by atoms with E-state index in [0.717, 1.165) is 12.8 Å². The van der Waals surface area contributed by atoms with Gasteiger partial charge >= 0.3 is 12.2 Å². The van der Waals surface area contributed by atoms with Gasteiger partial charge in [-0.2, -0.15) is 0 Å². The highest BCUT2D eigenvalue weighted by atomic mass is 16.6. The van der Waals surface area contributed by atoms with Crippen molar-refractivity contribution in [2.75, 3.05) is 19.6 Å². The molecule has 26 heavy (non-hydrogen) atoms. The SMILES string of the molecule is CC(C)(C)OC(=O)N1CC[C@@H](C[C@@H]2C[C@@H](O)CN2C(=O)OC(C)(C)C)C1. The molecular weight excluding hydrogens is 336 g/mol. The minimum Gasteiger partial charge on any atom is -0.444 e. The summed E-state index contributed by atoms with van der Waals surface area (Å²) in [5.41, 5.74) is -1.06. The third-order valence-corrected chi connectivity index (χ3v) is 4.56. The molecule has 7 nitrogen and oxygen atoms in total. The summed E-state index contributed by atoms with van der Waals surface area (Å²) in [6.45, 7) is 12.7. The van der Waals surface area contributed by atoms with E-state index in [0.29, 0.717) is 32.0 Å². The van der Waals surface area contributed by atoms with Gasteiger partial charge in [-0.1, -0.05) is 0 Å². The third-order valence-electron chi connectivity index (χ3n) is 4.56. The van der Waals surface area contributed by atoms with Crippen molar-refractivity contribution in [3.8, 4) is 0 Å². The Bertz CT molecular complexity index is 523. The van der Waals surface area contributed by atoms with Crippen LogP contribution in [0.25, 0.3) is 0 Å². The molecule has 0 unspecified atom stereocenters. The van der Waals surface area contributed by atoms with Crippen LogP contribution in [-0.2, 0) is 9.47 Å². The van der Waals surface area contributed by atoms with Gasteiger partial charge in [-0.15, -0.1) is 0 Å². The standard InChI is InChI=1S/C19H34N2O5/c1-18(2,3)25-16(23)20-8-7-13(11-20)9-14-10-15(22)12-21(14)17(24)26-19(4,5)6/h13-15,22H,7-12H2,1-6H3/t13-,14+,15+/m0/s1. The lowest BCUT2D eigenvalue weighted by atomic mass is 9.97. The molecule has 7 heteroatoms. The van der Waals surface area contributed by atoms with E-state index in [-0.39, 0.29) is 18.2 Å². The van der Waals surface area contributed by atoms with Crippen molar-refractivity contribution in [3.63, 3.8) is 0 Å². The molecule has 0 bridgehead atoms. The van der Waals surface area contributed by atoms with E-state index < -0.39 is 17.3 Å². The molecule has 2 saturated heterocycles. The Hall–Kier alpha value is -1.50. The molecule has 0 aromatic carbocycles. The number of likely N-dealkylation sites (tertiary alicyclic amines) is 2.